The van der Waals surface area contributed by atoms with E-state index in [2.05, 4.69) is 10.5 Å². The van der Waals surface area contributed by atoms with Gasteiger partial charge in [-0.05, 0) is 36.8 Å². The molecule has 0 bridgehead atoms. The number of hydrogen-bond donors (Lipinski definition) is 2. The van der Waals surface area contributed by atoms with E-state index in [1.54, 1.807) is 24.3 Å². The molecular formula is C18H17ClN2O5. The van der Waals surface area contributed by atoms with E-state index in [1.807, 2.05) is 13.0 Å². The first-order valence-electron chi connectivity index (χ1n) is 7.53. The van der Waals surface area contributed by atoms with E-state index in [4.69, 9.17) is 26.2 Å². The second-order valence-electron chi connectivity index (χ2n) is 5.29. The van der Waals surface area contributed by atoms with Gasteiger partial charge in [-0.2, -0.15) is 5.10 Å². The average molecular weight is 377 g/mol. The van der Waals surface area contributed by atoms with Gasteiger partial charge >= 0.3 is 5.97 Å². The average Bonchev–Trinajstić information content (AvgIpc) is 2.60. The first-order valence-corrected chi connectivity index (χ1v) is 7.90. The summed E-state index contributed by atoms with van der Waals surface area (Å²) < 4.78 is 10.3. The van der Waals surface area contributed by atoms with Crippen molar-refractivity contribution in [3.8, 4) is 11.5 Å². The van der Waals surface area contributed by atoms with Gasteiger partial charge in [0.15, 0.2) is 18.1 Å². The van der Waals surface area contributed by atoms with Crippen LogP contribution in [0.3, 0.4) is 0 Å². The van der Waals surface area contributed by atoms with Gasteiger partial charge in [-0.3, -0.25) is 4.79 Å². The zero-order valence-electron chi connectivity index (χ0n) is 14.2. The first kappa shape index (κ1) is 19.3. The Kier molecular flexibility index (Phi) is 6.57. The third-order valence-corrected chi connectivity index (χ3v) is 3.53. The molecule has 26 heavy (non-hydrogen) atoms. The lowest BCUT2D eigenvalue weighted by molar-refractivity contribution is -0.139. The summed E-state index contributed by atoms with van der Waals surface area (Å²) in [5.41, 5.74) is 4.43. The molecule has 7 nitrogen and oxygen atoms in total. The highest BCUT2D eigenvalue weighted by molar-refractivity contribution is 6.32. The number of carboxylic acid groups (broad SMARTS) is 1. The maximum Gasteiger partial charge on any atom is 0.341 e. The van der Waals surface area contributed by atoms with Crippen molar-refractivity contribution in [1.29, 1.82) is 0 Å². The van der Waals surface area contributed by atoms with Crippen molar-refractivity contribution in [2.24, 2.45) is 5.10 Å². The molecule has 0 fully saturated rings. The molecule has 2 aromatic carbocycles. The highest BCUT2D eigenvalue weighted by Crippen LogP contribution is 2.36. The minimum atomic E-state index is -1.13. The lowest BCUT2D eigenvalue weighted by atomic mass is 10.1. The maximum atomic E-state index is 12.0. The van der Waals surface area contributed by atoms with Crippen LogP contribution in [0.4, 0.5) is 0 Å². The van der Waals surface area contributed by atoms with Crippen LogP contribution in [0, 0.1) is 6.92 Å². The number of halogens is 1. The molecule has 1 amide bonds. The number of benzene rings is 2. The maximum absolute atomic E-state index is 12.0. The Morgan fingerprint density at radius 2 is 2.08 bits per heavy atom. The Hall–Kier alpha value is -3.06. The number of amides is 1. The normalized spacial score (nSPS) is 10.6. The number of rotatable bonds is 7. The fraction of sp³-hybridized carbons (Fsp3) is 0.167. The Morgan fingerprint density at radius 1 is 1.31 bits per heavy atom. The number of aliphatic carboxylic acids is 1. The largest absolute Gasteiger partial charge is 0.493 e. The van der Waals surface area contributed by atoms with E-state index in [-0.39, 0.29) is 22.4 Å². The lowest BCUT2D eigenvalue weighted by Crippen LogP contribution is -2.17. The smallest absolute Gasteiger partial charge is 0.341 e. The predicted molar refractivity (Wildman–Crippen MR) is 97.4 cm³/mol. The van der Waals surface area contributed by atoms with Gasteiger partial charge in [0.25, 0.3) is 5.91 Å². The summed E-state index contributed by atoms with van der Waals surface area (Å²) >= 11 is 6.10. The summed E-state index contributed by atoms with van der Waals surface area (Å²) in [6.45, 7) is 1.35. The molecule has 0 atom stereocenters. The van der Waals surface area contributed by atoms with E-state index in [1.165, 1.54) is 19.4 Å². The molecule has 0 heterocycles. The molecule has 0 saturated heterocycles. The summed E-state index contributed by atoms with van der Waals surface area (Å²) in [6, 6.07) is 10.2. The molecule has 0 aromatic heterocycles. The zero-order valence-corrected chi connectivity index (χ0v) is 14.9. The molecule has 136 valence electrons. The van der Waals surface area contributed by atoms with E-state index >= 15 is 0 Å². The van der Waals surface area contributed by atoms with E-state index in [0.29, 0.717) is 11.1 Å². The second-order valence-corrected chi connectivity index (χ2v) is 5.69. The topological polar surface area (TPSA) is 97.2 Å². The predicted octanol–water partition coefficient (Wildman–Crippen LogP) is 2.88. The summed E-state index contributed by atoms with van der Waals surface area (Å²) in [7, 11) is 1.40. The van der Waals surface area contributed by atoms with Gasteiger partial charge in [-0.25, -0.2) is 10.2 Å². The van der Waals surface area contributed by atoms with Crippen LogP contribution in [0.1, 0.15) is 21.5 Å². The van der Waals surface area contributed by atoms with E-state index in [9.17, 15) is 9.59 Å². The third-order valence-electron chi connectivity index (χ3n) is 3.25. The van der Waals surface area contributed by atoms with Crippen molar-refractivity contribution in [2.45, 2.75) is 6.92 Å². The van der Waals surface area contributed by atoms with Gasteiger partial charge in [0, 0.05) is 5.56 Å². The standard InChI is InChI=1S/C18H17ClN2O5/c1-11-4-3-5-13(6-11)18(24)21-20-9-12-7-14(19)17(15(8-12)25-2)26-10-16(22)23/h3-9H,10H2,1-2H3,(H,21,24)(H,22,23)/b20-9-. The number of carboxylic acids is 1. The molecule has 0 aliphatic carbocycles. The Balaban J connectivity index is 2.11. The van der Waals surface area contributed by atoms with Crippen molar-refractivity contribution in [2.75, 3.05) is 13.7 Å². The van der Waals surface area contributed by atoms with Crippen LogP contribution >= 0.6 is 11.6 Å². The molecule has 8 heteroatoms. The van der Waals surface area contributed by atoms with Crippen molar-refractivity contribution in [3.63, 3.8) is 0 Å². The first-order chi connectivity index (χ1) is 12.4. The highest BCUT2D eigenvalue weighted by atomic mass is 35.5. The van der Waals surface area contributed by atoms with Crippen LogP contribution in [-0.2, 0) is 4.79 Å². The number of nitrogens with one attached hydrogen (secondary N) is 1. The SMILES string of the molecule is COc1cc(/C=N\NC(=O)c2cccc(C)c2)cc(Cl)c1OCC(=O)O. The van der Waals surface area contributed by atoms with Crippen molar-refractivity contribution < 1.29 is 24.2 Å². The summed E-state index contributed by atoms with van der Waals surface area (Å²) in [6.07, 6.45) is 1.39. The quantitative estimate of drug-likeness (QED) is 0.572. The van der Waals surface area contributed by atoms with Crippen LogP contribution in [0.2, 0.25) is 5.02 Å². The van der Waals surface area contributed by atoms with Crippen LogP contribution in [0.25, 0.3) is 0 Å². The molecule has 0 aliphatic heterocycles. The van der Waals surface area contributed by atoms with Gasteiger partial charge in [0.1, 0.15) is 0 Å². The fourth-order valence-corrected chi connectivity index (χ4v) is 2.38. The van der Waals surface area contributed by atoms with Crippen LogP contribution < -0.4 is 14.9 Å². The van der Waals surface area contributed by atoms with Gasteiger partial charge in [-0.15, -0.1) is 0 Å². The molecule has 0 aliphatic rings. The van der Waals surface area contributed by atoms with Gasteiger partial charge in [0.05, 0.1) is 18.3 Å². The highest BCUT2D eigenvalue weighted by Gasteiger charge is 2.13. The van der Waals surface area contributed by atoms with Gasteiger partial charge < -0.3 is 14.6 Å². The summed E-state index contributed by atoms with van der Waals surface area (Å²) in [4.78, 5) is 22.7. The number of carbonyl (C=O) groups is 2. The number of hydrazone groups is 1. The van der Waals surface area contributed by atoms with Crippen molar-refractivity contribution >= 4 is 29.7 Å². The van der Waals surface area contributed by atoms with E-state index < -0.39 is 12.6 Å². The summed E-state index contributed by atoms with van der Waals surface area (Å²) in [5.74, 6) is -1.10. The van der Waals surface area contributed by atoms with Crippen LogP contribution in [0.15, 0.2) is 41.5 Å². The van der Waals surface area contributed by atoms with E-state index in [0.717, 1.165) is 5.56 Å². The second kappa shape index (κ2) is 8.87. The fourth-order valence-electron chi connectivity index (χ4n) is 2.10. The molecule has 0 spiro atoms. The van der Waals surface area contributed by atoms with Crippen molar-refractivity contribution in [1.82, 2.24) is 5.43 Å². The number of methoxy groups -OCH3 is 1. The Morgan fingerprint density at radius 3 is 2.73 bits per heavy atom. The van der Waals surface area contributed by atoms with Crippen molar-refractivity contribution in [3.05, 3.63) is 58.1 Å². The molecule has 0 saturated carbocycles. The monoisotopic (exact) mass is 376 g/mol. The number of hydrogen-bond acceptors (Lipinski definition) is 5. The van der Waals surface area contributed by atoms with Crippen LogP contribution in [-0.4, -0.2) is 36.9 Å². The molecule has 2 N–H and O–H groups in total. The zero-order chi connectivity index (χ0) is 19.1. The lowest BCUT2D eigenvalue weighted by Gasteiger charge is -2.11. The Bertz CT molecular complexity index is 851. The summed E-state index contributed by atoms with van der Waals surface area (Å²) in [5, 5.41) is 12.8. The van der Waals surface area contributed by atoms with Gasteiger partial charge in [-0.1, -0.05) is 29.3 Å². The minimum Gasteiger partial charge on any atom is -0.493 e. The van der Waals surface area contributed by atoms with Gasteiger partial charge in [0.2, 0.25) is 0 Å². The molecule has 0 radical (unpaired) electrons. The Labute approximate surface area is 155 Å². The molecular weight excluding hydrogens is 360 g/mol. The minimum absolute atomic E-state index is 0.123. The number of ether oxygens (including phenoxy) is 2. The molecule has 2 rings (SSSR count). The number of carbonyl (C=O) groups excluding carboxylic acids is 1. The van der Waals surface area contributed by atoms with Crippen LogP contribution in [0.5, 0.6) is 11.5 Å². The molecule has 2 aromatic rings. The number of aryl methyl sites for hydroxylation is 1. The third kappa shape index (κ3) is 5.22. The molecule has 0 unspecified atom stereocenters. The number of nitrogens with zero attached hydrogens (tertiary/aromatic N) is 1.